The zero-order chi connectivity index (χ0) is 14.4. The number of nitrogens with zero attached hydrogens (tertiary/aromatic N) is 3. The van der Waals surface area contributed by atoms with Crippen molar-refractivity contribution < 1.29 is 18.3 Å². The van der Waals surface area contributed by atoms with Gasteiger partial charge in [0.2, 0.25) is 0 Å². The molecular formula is C11H17N3O4S. The number of imidazole rings is 1. The highest BCUT2D eigenvalue weighted by Crippen LogP contribution is 2.29. The Kier molecular flexibility index (Phi) is 3.40. The molecule has 2 heterocycles. The minimum atomic E-state index is -3.85. The van der Waals surface area contributed by atoms with Crippen molar-refractivity contribution in [2.45, 2.75) is 31.3 Å². The summed E-state index contributed by atoms with van der Waals surface area (Å²) in [6.45, 7) is 3.66. The minimum absolute atomic E-state index is 0.0900. The molecule has 1 fully saturated rings. The highest BCUT2D eigenvalue weighted by atomic mass is 32.2. The van der Waals surface area contributed by atoms with Crippen molar-refractivity contribution in [3.63, 3.8) is 0 Å². The van der Waals surface area contributed by atoms with E-state index in [-0.39, 0.29) is 17.5 Å². The topological polar surface area (TPSA) is 92.5 Å². The molecule has 0 spiro atoms. The summed E-state index contributed by atoms with van der Waals surface area (Å²) in [5, 5.41) is 9.10. The van der Waals surface area contributed by atoms with Gasteiger partial charge in [-0.05, 0) is 19.3 Å². The van der Waals surface area contributed by atoms with E-state index < -0.39 is 22.0 Å². The van der Waals surface area contributed by atoms with Crippen LogP contribution in [0.15, 0.2) is 11.2 Å². The van der Waals surface area contributed by atoms with Gasteiger partial charge >= 0.3 is 5.97 Å². The molecule has 7 nitrogen and oxygen atoms in total. The molecule has 8 heteroatoms. The summed E-state index contributed by atoms with van der Waals surface area (Å²) in [6, 6.07) is -1.01. The lowest BCUT2D eigenvalue weighted by Crippen LogP contribution is -2.42. The van der Waals surface area contributed by atoms with Gasteiger partial charge in [-0.25, -0.2) is 13.4 Å². The fourth-order valence-corrected chi connectivity index (χ4v) is 4.04. The molecule has 1 saturated heterocycles. The smallest absolute Gasteiger partial charge is 0.322 e. The highest BCUT2D eigenvalue weighted by Gasteiger charge is 2.44. The average molecular weight is 287 g/mol. The predicted octanol–water partition coefficient (Wildman–Crippen LogP) is 0.212. The zero-order valence-corrected chi connectivity index (χ0v) is 11.9. The van der Waals surface area contributed by atoms with Crippen molar-refractivity contribution in [2.75, 3.05) is 6.54 Å². The number of hydrogen-bond acceptors (Lipinski definition) is 4. The SMILES string of the molecule is Cc1nc(S(=O)(=O)N2CCC(C)C2C(=O)O)cn1C. The first-order chi connectivity index (χ1) is 8.75. The molecule has 0 aliphatic carbocycles. The Labute approximate surface area is 111 Å². The van der Waals surface area contributed by atoms with Crippen LogP contribution >= 0.6 is 0 Å². The van der Waals surface area contributed by atoms with Gasteiger partial charge in [0.1, 0.15) is 11.9 Å². The Morgan fingerprint density at radius 2 is 2.16 bits per heavy atom. The molecule has 2 atom stereocenters. The lowest BCUT2D eigenvalue weighted by atomic mass is 10.0. The standard InChI is InChI=1S/C11H17N3O4S/c1-7-4-5-14(10(7)11(15)16)19(17,18)9-6-13(3)8(2)12-9/h6-7,10H,4-5H2,1-3H3,(H,15,16). The average Bonchev–Trinajstić information content (AvgIpc) is 2.84. The summed E-state index contributed by atoms with van der Waals surface area (Å²) in [7, 11) is -2.15. The van der Waals surface area contributed by atoms with E-state index in [9.17, 15) is 18.3 Å². The lowest BCUT2D eigenvalue weighted by molar-refractivity contribution is -0.141. The number of aryl methyl sites for hydroxylation is 2. The van der Waals surface area contributed by atoms with Gasteiger partial charge in [-0.1, -0.05) is 6.92 Å². The zero-order valence-electron chi connectivity index (χ0n) is 11.1. The van der Waals surface area contributed by atoms with Gasteiger partial charge in [0, 0.05) is 19.8 Å². The molecule has 0 amide bonds. The van der Waals surface area contributed by atoms with Crippen LogP contribution in [0.4, 0.5) is 0 Å². The molecule has 19 heavy (non-hydrogen) atoms. The molecule has 0 aromatic carbocycles. The first-order valence-corrected chi connectivity index (χ1v) is 7.43. The Morgan fingerprint density at radius 1 is 1.53 bits per heavy atom. The quantitative estimate of drug-likeness (QED) is 0.858. The minimum Gasteiger partial charge on any atom is -0.480 e. The molecule has 0 saturated carbocycles. The molecular weight excluding hydrogens is 270 g/mol. The van der Waals surface area contributed by atoms with Crippen molar-refractivity contribution in [3.05, 3.63) is 12.0 Å². The van der Waals surface area contributed by atoms with E-state index in [1.807, 2.05) is 0 Å². The number of rotatable bonds is 3. The third-order valence-corrected chi connectivity index (χ3v) is 5.32. The molecule has 1 aromatic rings. The van der Waals surface area contributed by atoms with Crippen LogP contribution in [0.25, 0.3) is 0 Å². The molecule has 1 aliphatic rings. The van der Waals surface area contributed by atoms with Crippen LogP contribution in [0.5, 0.6) is 0 Å². The van der Waals surface area contributed by atoms with Crippen LogP contribution in [0.1, 0.15) is 19.2 Å². The first-order valence-electron chi connectivity index (χ1n) is 5.99. The van der Waals surface area contributed by atoms with E-state index in [1.54, 1.807) is 25.5 Å². The largest absolute Gasteiger partial charge is 0.480 e. The number of carboxylic acids is 1. The third kappa shape index (κ3) is 2.25. The first kappa shape index (κ1) is 14.0. The van der Waals surface area contributed by atoms with Crippen LogP contribution < -0.4 is 0 Å². The van der Waals surface area contributed by atoms with Crippen LogP contribution in [0, 0.1) is 12.8 Å². The van der Waals surface area contributed by atoms with Gasteiger partial charge in [-0.2, -0.15) is 4.31 Å². The number of carbonyl (C=O) groups is 1. The second-order valence-corrected chi connectivity index (χ2v) is 6.74. The number of hydrogen-bond donors (Lipinski definition) is 1. The van der Waals surface area contributed by atoms with Crippen molar-refractivity contribution >= 4 is 16.0 Å². The highest BCUT2D eigenvalue weighted by molar-refractivity contribution is 7.89. The summed E-state index contributed by atoms with van der Waals surface area (Å²) < 4.78 is 27.5. The Morgan fingerprint density at radius 3 is 2.63 bits per heavy atom. The van der Waals surface area contributed by atoms with E-state index in [1.165, 1.54) is 6.20 Å². The molecule has 0 radical (unpaired) electrons. The third-order valence-electron chi connectivity index (χ3n) is 3.57. The van der Waals surface area contributed by atoms with Crippen molar-refractivity contribution in [3.8, 4) is 0 Å². The van der Waals surface area contributed by atoms with E-state index in [2.05, 4.69) is 4.98 Å². The summed E-state index contributed by atoms with van der Waals surface area (Å²) in [4.78, 5) is 15.2. The summed E-state index contributed by atoms with van der Waals surface area (Å²) >= 11 is 0. The molecule has 106 valence electrons. The lowest BCUT2D eigenvalue weighted by Gasteiger charge is -2.21. The molecule has 2 unspecified atom stereocenters. The fourth-order valence-electron chi connectivity index (χ4n) is 2.32. The van der Waals surface area contributed by atoms with E-state index in [4.69, 9.17) is 0 Å². The Hall–Kier alpha value is -1.41. The van der Waals surface area contributed by atoms with Gasteiger partial charge in [-0.15, -0.1) is 0 Å². The molecule has 0 bridgehead atoms. The summed E-state index contributed by atoms with van der Waals surface area (Å²) in [5.74, 6) is -0.740. The maximum absolute atomic E-state index is 12.4. The van der Waals surface area contributed by atoms with Gasteiger partial charge < -0.3 is 9.67 Å². The van der Waals surface area contributed by atoms with Crippen LogP contribution in [0.3, 0.4) is 0 Å². The van der Waals surface area contributed by atoms with Gasteiger partial charge in [0.15, 0.2) is 5.03 Å². The predicted molar refractivity (Wildman–Crippen MR) is 67.0 cm³/mol. The molecule has 1 aliphatic heterocycles. The normalized spacial score (nSPS) is 24.8. The van der Waals surface area contributed by atoms with Gasteiger partial charge in [0.25, 0.3) is 10.0 Å². The van der Waals surface area contributed by atoms with E-state index in [0.717, 1.165) is 4.31 Å². The van der Waals surface area contributed by atoms with Crippen LogP contribution in [-0.4, -0.2) is 45.9 Å². The summed E-state index contributed by atoms with van der Waals surface area (Å²) in [6.07, 6.45) is 1.95. The molecule has 2 rings (SSSR count). The van der Waals surface area contributed by atoms with Gasteiger partial charge in [0.05, 0.1) is 0 Å². The number of aromatic nitrogens is 2. The van der Waals surface area contributed by atoms with Crippen molar-refractivity contribution in [1.29, 1.82) is 0 Å². The summed E-state index contributed by atoms with van der Waals surface area (Å²) in [5.41, 5.74) is 0. The maximum atomic E-state index is 12.4. The number of sulfonamides is 1. The van der Waals surface area contributed by atoms with Gasteiger partial charge in [-0.3, -0.25) is 4.79 Å². The van der Waals surface area contributed by atoms with Crippen molar-refractivity contribution in [1.82, 2.24) is 13.9 Å². The number of aliphatic carboxylic acids is 1. The van der Waals surface area contributed by atoms with Crippen LogP contribution in [-0.2, 0) is 21.9 Å². The fraction of sp³-hybridized carbons (Fsp3) is 0.636. The monoisotopic (exact) mass is 287 g/mol. The molecule has 1 aromatic heterocycles. The van der Waals surface area contributed by atoms with Crippen molar-refractivity contribution in [2.24, 2.45) is 13.0 Å². The second kappa shape index (κ2) is 4.61. The van der Waals surface area contributed by atoms with E-state index in [0.29, 0.717) is 12.2 Å². The maximum Gasteiger partial charge on any atom is 0.322 e. The van der Waals surface area contributed by atoms with E-state index >= 15 is 0 Å². The number of carboxylic acid groups (broad SMARTS) is 1. The Bertz CT molecular complexity index is 588. The second-order valence-electron chi connectivity index (χ2n) is 4.90. The van der Waals surface area contributed by atoms with Crippen LogP contribution in [0.2, 0.25) is 0 Å². The molecule has 1 N–H and O–H groups in total. The Balaban J connectivity index is 2.42.